The Kier molecular flexibility index (Phi) is 7.36. The molecule has 2 atom stereocenters. The summed E-state index contributed by atoms with van der Waals surface area (Å²) in [5, 5.41) is 2.78. The number of piperidine rings is 1. The van der Waals surface area contributed by atoms with Crippen LogP contribution in [0.15, 0.2) is 24.5 Å². The Morgan fingerprint density at radius 3 is 2.88 bits per heavy atom. The van der Waals surface area contributed by atoms with Gasteiger partial charge in [0.25, 0.3) is 0 Å². The molecule has 1 aliphatic heterocycles. The molecule has 2 rings (SSSR count). The van der Waals surface area contributed by atoms with E-state index in [-0.39, 0.29) is 17.9 Å². The van der Waals surface area contributed by atoms with Gasteiger partial charge in [-0.1, -0.05) is 0 Å². The minimum atomic E-state index is -0.449. The molecule has 7 heteroatoms. The van der Waals surface area contributed by atoms with E-state index in [9.17, 15) is 9.59 Å². The number of nitrogens with zero attached hydrogens (tertiary/aromatic N) is 2. The number of carbonyl (C=O) groups is 2. The van der Waals surface area contributed by atoms with E-state index in [4.69, 9.17) is 4.74 Å². The molecular weight excluding hydrogens is 326 g/mol. The van der Waals surface area contributed by atoms with Crippen LogP contribution in [0.5, 0.6) is 5.75 Å². The van der Waals surface area contributed by atoms with Gasteiger partial charge in [0.15, 0.2) is 0 Å². The SMILES string of the molecule is CSCCC(NC(C)=O)C(=O)N1CCCC(Oc2ccncc2)C1. The Balaban J connectivity index is 1.95. The van der Waals surface area contributed by atoms with Crippen molar-refractivity contribution in [2.24, 2.45) is 0 Å². The van der Waals surface area contributed by atoms with Crippen LogP contribution in [-0.2, 0) is 9.59 Å². The number of nitrogens with one attached hydrogen (secondary N) is 1. The number of thioether (sulfide) groups is 1. The second-order valence-corrected chi connectivity index (χ2v) is 6.87. The molecule has 0 radical (unpaired) electrons. The van der Waals surface area contributed by atoms with Gasteiger partial charge in [0.05, 0.1) is 6.54 Å². The maximum absolute atomic E-state index is 12.8. The van der Waals surface area contributed by atoms with Crippen LogP contribution in [0.1, 0.15) is 26.2 Å². The van der Waals surface area contributed by atoms with Gasteiger partial charge in [-0.05, 0) is 43.4 Å². The van der Waals surface area contributed by atoms with Crippen LogP contribution in [0.25, 0.3) is 0 Å². The highest BCUT2D eigenvalue weighted by Crippen LogP contribution is 2.19. The molecule has 0 spiro atoms. The first-order valence-electron chi connectivity index (χ1n) is 8.21. The molecule has 2 amide bonds. The summed E-state index contributed by atoms with van der Waals surface area (Å²) in [5.74, 6) is 1.42. The quantitative estimate of drug-likeness (QED) is 0.810. The van der Waals surface area contributed by atoms with Crippen LogP contribution < -0.4 is 10.1 Å². The van der Waals surface area contributed by atoms with E-state index in [1.54, 1.807) is 24.2 Å². The molecule has 132 valence electrons. The van der Waals surface area contributed by atoms with Gasteiger partial charge in [-0.2, -0.15) is 11.8 Å². The Hall–Kier alpha value is -1.76. The van der Waals surface area contributed by atoms with Crippen molar-refractivity contribution in [2.75, 3.05) is 25.1 Å². The molecule has 1 saturated heterocycles. The minimum absolute atomic E-state index is 0.0118. The first kappa shape index (κ1) is 18.6. The predicted molar refractivity (Wildman–Crippen MR) is 95.1 cm³/mol. The van der Waals surface area contributed by atoms with Gasteiger partial charge in [0.2, 0.25) is 11.8 Å². The standard InChI is InChI=1S/C17H25N3O3S/c1-13(21)19-16(7-11-24-2)17(22)20-10-3-4-15(12-20)23-14-5-8-18-9-6-14/h5-6,8-9,15-16H,3-4,7,10-12H2,1-2H3,(H,19,21). The molecule has 0 saturated carbocycles. The molecule has 1 aromatic heterocycles. The van der Waals surface area contributed by atoms with Gasteiger partial charge < -0.3 is 15.0 Å². The van der Waals surface area contributed by atoms with Gasteiger partial charge in [0, 0.05) is 25.9 Å². The van der Waals surface area contributed by atoms with Crippen molar-refractivity contribution in [3.63, 3.8) is 0 Å². The second kappa shape index (κ2) is 9.52. The summed E-state index contributed by atoms with van der Waals surface area (Å²) in [6.45, 7) is 2.71. The topological polar surface area (TPSA) is 71.5 Å². The third-order valence-corrected chi connectivity index (χ3v) is 4.57. The summed E-state index contributed by atoms with van der Waals surface area (Å²) in [6, 6.07) is 3.19. The summed E-state index contributed by atoms with van der Waals surface area (Å²) in [4.78, 5) is 30.0. The lowest BCUT2D eigenvalue weighted by Gasteiger charge is -2.35. The van der Waals surface area contributed by atoms with E-state index < -0.39 is 6.04 Å². The van der Waals surface area contributed by atoms with Crippen molar-refractivity contribution in [3.8, 4) is 5.75 Å². The van der Waals surface area contributed by atoms with Crippen molar-refractivity contribution in [1.82, 2.24) is 15.2 Å². The molecule has 1 fully saturated rings. The normalized spacial score (nSPS) is 18.8. The minimum Gasteiger partial charge on any atom is -0.488 e. The number of ether oxygens (including phenoxy) is 1. The van der Waals surface area contributed by atoms with Gasteiger partial charge in [-0.15, -0.1) is 0 Å². The molecule has 24 heavy (non-hydrogen) atoms. The Labute approximate surface area is 147 Å². The van der Waals surface area contributed by atoms with Crippen molar-refractivity contribution < 1.29 is 14.3 Å². The first-order valence-corrected chi connectivity index (χ1v) is 9.61. The lowest BCUT2D eigenvalue weighted by atomic mass is 10.1. The highest BCUT2D eigenvalue weighted by molar-refractivity contribution is 7.98. The molecule has 0 aromatic carbocycles. The van der Waals surface area contributed by atoms with E-state index >= 15 is 0 Å². The summed E-state index contributed by atoms with van der Waals surface area (Å²) >= 11 is 1.67. The number of pyridine rings is 1. The maximum Gasteiger partial charge on any atom is 0.245 e. The van der Waals surface area contributed by atoms with E-state index in [1.807, 2.05) is 23.3 Å². The second-order valence-electron chi connectivity index (χ2n) is 5.88. The first-order chi connectivity index (χ1) is 11.6. The Bertz CT molecular complexity index is 541. The molecule has 0 aliphatic carbocycles. The number of carbonyl (C=O) groups excluding carboxylic acids is 2. The number of hydrogen-bond donors (Lipinski definition) is 1. The number of hydrogen-bond acceptors (Lipinski definition) is 5. The Morgan fingerprint density at radius 1 is 1.46 bits per heavy atom. The average Bonchev–Trinajstić information content (AvgIpc) is 2.59. The molecule has 1 aliphatic rings. The molecule has 1 N–H and O–H groups in total. The van der Waals surface area contributed by atoms with E-state index in [2.05, 4.69) is 10.3 Å². The van der Waals surface area contributed by atoms with Crippen LogP contribution in [0.4, 0.5) is 0 Å². The molecule has 1 aromatic rings. The van der Waals surface area contributed by atoms with Crippen molar-refractivity contribution in [2.45, 2.75) is 38.3 Å². The lowest BCUT2D eigenvalue weighted by molar-refractivity contribution is -0.138. The molecule has 6 nitrogen and oxygen atoms in total. The van der Waals surface area contributed by atoms with Crippen molar-refractivity contribution in [3.05, 3.63) is 24.5 Å². The van der Waals surface area contributed by atoms with Gasteiger partial charge in [0.1, 0.15) is 17.9 Å². The average molecular weight is 351 g/mol. The fourth-order valence-electron chi connectivity index (χ4n) is 2.80. The van der Waals surface area contributed by atoms with E-state index in [1.165, 1.54) is 6.92 Å². The zero-order valence-corrected chi connectivity index (χ0v) is 15.1. The number of amides is 2. The Morgan fingerprint density at radius 2 is 2.21 bits per heavy atom. The smallest absolute Gasteiger partial charge is 0.245 e. The summed E-state index contributed by atoms with van der Waals surface area (Å²) in [6.07, 6.45) is 7.81. The van der Waals surface area contributed by atoms with Gasteiger partial charge >= 0.3 is 0 Å². The monoisotopic (exact) mass is 351 g/mol. The van der Waals surface area contributed by atoms with Crippen molar-refractivity contribution >= 4 is 23.6 Å². The predicted octanol–water partition coefficient (Wildman–Crippen LogP) is 1.71. The van der Waals surface area contributed by atoms with Gasteiger partial charge in [-0.3, -0.25) is 14.6 Å². The molecule has 2 heterocycles. The van der Waals surface area contributed by atoms with Crippen LogP contribution in [-0.4, -0.2) is 58.9 Å². The largest absolute Gasteiger partial charge is 0.488 e. The highest BCUT2D eigenvalue weighted by Gasteiger charge is 2.30. The third kappa shape index (κ3) is 5.70. The summed E-state index contributed by atoms with van der Waals surface area (Å²) < 4.78 is 5.95. The summed E-state index contributed by atoms with van der Waals surface area (Å²) in [7, 11) is 0. The molecule has 0 bridgehead atoms. The fourth-order valence-corrected chi connectivity index (χ4v) is 3.27. The third-order valence-electron chi connectivity index (χ3n) is 3.93. The van der Waals surface area contributed by atoms with Crippen LogP contribution in [0.2, 0.25) is 0 Å². The van der Waals surface area contributed by atoms with Crippen LogP contribution in [0, 0.1) is 0 Å². The number of likely N-dealkylation sites (tertiary alicyclic amines) is 1. The fraction of sp³-hybridized carbons (Fsp3) is 0.588. The van der Waals surface area contributed by atoms with E-state index in [0.29, 0.717) is 19.5 Å². The lowest BCUT2D eigenvalue weighted by Crippen LogP contribution is -2.52. The maximum atomic E-state index is 12.8. The summed E-state index contributed by atoms with van der Waals surface area (Å²) in [5.41, 5.74) is 0. The highest BCUT2D eigenvalue weighted by atomic mass is 32.2. The van der Waals surface area contributed by atoms with Crippen LogP contribution >= 0.6 is 11.8 Å². The van der Waals surface area contributed by atoms with Crippen molar-refractivity contribution in [1.29, 1.82) is 0 Å². The molecular formula is C17H25N3O3S. The zero-order valence-electron chi connectivity index (χ0n) is 14.2. The van der Waals surface area contributed by atoms with Gasteiger partial charge in [-0.25, -0.2) is 0 Å². The zero-order chi connectivity index (χ0) is 17.4. The number of aromatic nitrogens is 1. The van der Waals surface area contributed by atoms with E-state index in [0.717, 1.165) is 24.3 Å². The number of rotatable bonds is 7. The molecule has 2 unspecified atom stereocenters. The van der Waals surface area contributed by atoms with Crippen LogP contribution in [0.3, 0.4) is 0 Å².